The van der Waals surface area contributed by atoms with Crippen LogP contribution >= 0.6 is 46.6 Å². The molecular formula is C20H20Cl3FN2O2S. The molecule has 0 heterocycles. The fraction of sp³-hybridized carbons (Fsp3) is 0.300. The molecule has 0 saturated carbocycles. The molecule has 0 aliphatic rings. The molecule has 2 rings (SSSR count). The van der Waals surface area contributed by atoms with Crippen molar-refractivity contribution >= 4 is 58.4 Å². The van der Waals surface area contributed by atoms with Crippen molar-refractivity contribution in [1.29, 1.82) is 0 Å². The van der Waals surface area contributed by atoms with E-state index >= 15 is 0 Å². The summed E-state index contributed by atoms with van der Waals surface area (Å²) in [5.74, 6) is -0.659. The Morgan fingerprint density at radius 3 is 2.48 bits per heavy atom. The van der Waals surface area contributed by atoms with Crippen LogP contribution in [-0.2, 0) is 21.9 Å². The number of halogens is 4. The minimum atomic E-state index is -0.695. The predicted molar refractivity (Wildman–Crippen MR) is 118 cm³/mol. The molecule has 2 amide bonds. The van der Waals surface area contributed by atoms with E-state index in [-0.39, 0.29) is 29.9 Å². The summed E-state index contributed by atoms with van der Waals surface area (Å²) in [4.78, 5) is 26.4. The second-order valence-corrected chi connectivity index (χ2v) is 8.46. The molecule has 4 nitrogen and oxygen atoms in total. The molecule has 9 heteroatoms. The largest absolute Gasteiger partial charge is 0.357 e. The first kappa shape index (κ1) is 23.8. The standard InChI is InChI=1S/C20H20Cl3FN2O2S/c1-12(20(28)25-2)26(9-13-6-7-16(22)17(23)8-13)19(27)11-29-10-14-15(21)4-3-5-18(14)24/h3-8,12H,9-11H2,1-2H3,(H,25,28)/t12-/m0/s1. The second-order valence-electron chi connectivity index (χ2n) is 6.25. The summed E-state index contributed by atoms with van der Waals surface area (Å²) in [7, 11) is 1.51. The second kappa shape index (κ2) is 11.1. The van der Waals surface area contributed by atoms with Gasteiger partial charge in [-0.3, -0.25) is 9.59 Å². The van der Waals surface area contributed by atoms with Crippen LogP contribution in [0.15, 0.2) is 36.4 Å². The van der Waals surface area contributed by atoms with Gasteiger partial charge in [0.15, 0.2) is 0 Å². The third-order valence-corrected chi connectivity index (χ3v) is 6.32. The number of hydrogen-bond donors (Lipinski definition) is 1. The van der Waals surface area contributed by atoms with Crippen LogP contribution in [-0.4, -0.2) is 35.6 Å². The van der Waals surface area contributed by atoms with Gasteiger partial charge in [0, 0.05) is 29.9 Å². The number of amides is 2. The van der Waals surface area contributed by atoms with Gasteiger partial charge in [-0.15, -0.1) is 11.8 Å². The van der Waals surface area contributed by atoms with E-state index in [2.05, 4.69) is 5.32 Å². The maximum Gasteiger partial charge on any atom is 0.242 e. The van der Waals surface area contributed by atoms with Gasteiger partial charge in [-0.25, -0.2) is 4.39 Å². The highest BCUT2D eigenvalue weighted by Gasteiger charge is 2.25. The number of carbonyl (C=O) groups excluding carboxylic acids is 2. The van der Waals surface area contributed by atoms with Crippen LogP contribution < -0.4 is 5.32 Å². The lowest BCUT2D eigenvalue weighted by atomic mass is 10.1. The molecule has 0 saturated heterocycles. The average molecular weight is 478 g/mol. The molecule has 0 radical (unpaired) electrons. The zero-order chi connectivity index (χ0) is 21.6. The Hall–Kier alpha value is -1.47. The summed E-state index contributed by atoms with van der Waals surface area (Å²) in [6.07, 6.45) is 0. The minimum absolute atomic E-state index is 0.0628. The van der Waals surface area contributed by atoms with Crippen molar-refractivity contribution < 1.29 is 14.0 Å². The number of hydrogen-bond acceptors (Lipinski definition) is 3. The Labute approximate surface area is 188 Å². The Morgan fingerprint density at radius 1 is 1.14 bits per heavy atom. The molecule has 0 bridgehead atoms. The molecule has 1 atom stereocenters. The van der Waals surface area contributed by atoms with Gasteiger partial charge in [0.2, 0.25) is 11.8 Å². The molecule has 0 unspecified atom stereocenters. The number of nitrogens with one attached hydrogen (secondary N) is 1. The van der Waals surface area contributed by atoms with Crippen molar-refractivity contribution in [1.82, 2.24) is 10.2 Å². The van der Waals surface area contributed by atoms with Crippen LogP contribution in [0.3, 0.4) is 0 Å². The number of thioether (sulfide) groups is 1. The lowest BCUT2D eigenvalue weighted by Crippen LogP contribution is -2.47. The van der Waals surface area contributed by atoms with Crippen molar-refractivity contribution in [2.45, 2.75) is 25.3 Å². The molecule has 0 aromatic heterocycles. The molecular weight excluding hydrogens is 458 g/mol. The normalized spacial score (nSPS) is 11.8. The Balaban J connectivity index is 2.11. The maximum absolute atomic E-state index is 13.9. The van der Waals surface area contributed by atoms with E-state index in [0.29, 0.717) is 20.6 Å². The number of carbonyl (C=O) groups is 2. The van der Waals surface area contributed by atoms with Crippen LogP contribution in [0.2, 0.25) is 15.1 Å². The molecule has 2 aromatic carbocycles. The zero-order valence-electron chi connectivity index (χ0n) is 15.8. The van der Waals surface area contributed by atoms with Crippen molar-refractivity contribution in [2.24, 2.45) is 0 Å². The maximum atomic E-state index is 13.9. The van der Waals surface area contributed by atoms with Crippen LogP contribution in [0.1, 0.15) is 18.1 Å². The van der Waals surface area contributed by atoms with Gasteiger partial charge in [-0.05, 0) is 36.8 Å². The third kappa shape index (κ3) is 6.51. The Kier molecular flexibility index (Phi) is 9.08. The first-order valence-corrected chi connectivity index (χ1v) is 11.0. The summed E-state index contributed by atoms with van der Waals surface area (Å²) in [6.45, 7) is 1.83. The average Bonchev–Trinajstić information content (AvgIpc) is 2.69. The monoisotopic (exact) mass is 476 g/mol. The number of likely N-dealkylation sites (N-methyl/N-ethyl adjacent to an activating group) is 1. The molecule has 0 fully saturated rings. The number of benzene rings is 2. The lowest BCUT2D eigenvalue weighted by Gasteiger charge is -2.28. The summed E-state index contributed by atoms with van der Waals surface area (Å²) in [5.41, 5.74) is 1.09. The smallest absolute Gasteiger partial charge is 0.242 e. The molecule has 0 aliphatic carbocycles. The molecule has 29 heavy (non-hydrogen) atoms. The SMILES string of the molecule is CNC(=O)[C@H](C)N(Cc1ccc(Cl)c(Cl)c1)C(=O)CSCc1c(F)cccc1Cl. The summed E-state index contributed by atoms with van der Waals surface area (Å²) in [6, 6.07) is 8.81. The van der Waals surface area contributed by atoms with Gasteiger partial charge < -0.3 is 10.2 Å². The van der Waals surface area contributed by atoms with E-state index in [0.717, 1.165) is 5.56 Å². The van der Waals surface area contributed by atoms with E-state index in [1.807, 2.05) is 0 Å². The minimum Gasteiger partial charge on any atom is -0.357 e. The molecule has 1 N–H and O–H groups in total. The fourth-order valence-corrected chi connectivity index (χ4v) is 4.19. The Bertz CT molecular complexity index is 878. The van der Waals surface area contributed by atoms with Gasteiger partial charge in [0.1, 0.15) is 11.9 Å². The topological polar surface area (TPSA) is 49.4 Å². The van der Waals surface area contributed by atoms with E-state index in [1.165, 1.54) is 35.8 Å². The molecule has 0 spiro atoms. The summed E-state index contributed by atoms with van der Waals surface area (Å²) < 4.78 is 13.9. The van der Waals surface area contributed by atoms with Gasteiger partial charge in [-0.1, -0.05) is 46.9 Å². The zero-order valence-corrected chi connectivity index (χ0v) is 18.9. The predicted octanol–water partition coefficient (Wildman–Crippen LogP) is 5.18. The van der Waals surface area contributed by atoms with E-state index in [9.17, 15) is 14.0 Å². The van der Waals surface area contributed by atoms with E-state index in [1.54, 1.807) is 31.2 Å². The highest BCUT2D eigenvalue weighted by Crippen LogP contribution is 2.26. The van der Waals surface area contributed by atoms with Crippen LogP contribution in [0.25, 0.3) is 0 Å². The number of rotatable bonds is 8. The van der Waals surface area contributed by atoms with Gasteiger partial charge in [0.25, 0.3) is 0 Å². The van der Waals surface area contributed by atoms with Crippen LogP contribution in [0.4, 0.5) is 4.39 Å². The highest BCUT2D eigenvalue weighted by molar-refractivity contribution is 7.99. The van der Waals surface area contributed by atoms with Crippen molar-refractivity contribution in [2.75, 3.05) is 12.8 Å². The first-order valence-electron chi connectivity index (χ1n) is 8.70. The Morgan fingerprint density at radius 2 is 1.86 bits per heavy atom. The van der Waals surface area contributed by atoms with Crippen molar-refractivity contribution in [3.8, 4) is 0 Å². The summed E-state index contributed by atoms with van der Waals surface area (Å²) in [5, 5.41) is 3.64. The molecule has 156 valence electrons. The van der Waals surface area contributed by atoms with E-state index in [4.69, 9.17) is 34.8 Å². The van der Waals surface area contributed by atoms with Gasteiger partial charge in [0.05, 0.1) is 15.8 Å². The summed E-state index contributed by atoms with van der Waals surface area (Å²) >= 11 is 19.3. The van der Waals surface area contributed by atoms with Crippen LogP contribution in [0, 0.1) is 5.82 Å². The first-order chi connectivity index (χ1) is 13.7. The van der Waals surface area contributed by atoms with Gasteiger partial charge in [-0.2, -0.15) is 0 Å². The van der Waals surface area contributed by atoms with Crippen molar-refractivity contribution in [3.63, 3.8) is 0 Å². The van der Waals surface area contributed by atoms with Crippen molar-refractivity contribution in [3.05, 3.63) is 68.4 Å². The third-order valence-electron chi connectivity index (χ3n) is 4.28. The lowest BCUT2D eigenvalue weighted by molar-refractivity contribution is -0.138. The van der Waals surface area contributed by atoms with E-state index < -0.39 is 11.9 Å². The quantitative estimate of drug-likeness (QED) is 0.570. The molecule has 2 aromatic rings. The number of nitrogens with zero attached hydrogens (tertiary/aromatic N) is 1. The highest BCUT2D eigenvalue weighted by atomic mass is 35.5. The van der Waals surface area contributed by atoms with Gasteiger partial charge >= 0.3 is 0 Å². The molecule has 0 aliphatic heterocycles. The van der Waals surface area contributed by atoms with Crippen LogP contribution in [0.5, 0.6) is 0 Å². The fourth-order valence-electron chi connectivity index (χ4n) is 2.62.